The molecule has 0 saturated carbocycles. The lowest BCUT2D eigenvalue weighted by atomic mass is 9.99. The number of hydrogen-bond donors (Lipinski definition) is 1. The van der Waals surface area contributed by atoms with E-state index < -0.39 is 0 Å². The fourth-order valence-corrected chi connectivity index (χ4v) is 2.05. The van der Waals surface area contributed by atoms with Crippen LogP contribution in [0.3, 0.4) is 0 Å². The van der Waals surface area contributed by atoms with Gasteiger partial charge >= 0.3 is 0 Å². The molecule has 1 N–H and O–H groups in total. The molecule has 0 bridgehead atoms. The van der Waals surface area contributed by atoms with Crippen LogP contribution in [-0.4, -0.2) is 25.9 Å². The van der Waals surface area contributed by atoms with Crippen molar-refractivity contribution >= 4 is 5.69 Å². The summed E-state index contributed by atoms with van der Waals surface area (Å²) in [5.74, 6) is 0.886. The number of aryl methyl sites for hydroxylation is 1. The summed E-state index contributed by atoms with van der Waals surface area (Å²) in [5, 5.41) is 3.47. The minimum atomic E-state index is -0.121. The smallest absolute Gasteiger partial charge is 0.142 e. The van der Waals surface area contributed by atoms with Crippen molar-refractivity contribution in [3.8, 4) is 5.75 Å². The molecule has 1 aromatic rings. The first-order valence-corrected chi connectivity index (χ1v) is 6.34. The molecule has 0 heterocycles. The van der Waals surface area contributed by atoms with Crippen molar-refractivity contribution in [2.45, 2.75) is 45.8 Å². The molecular formula is C15H25NO2. The van der Waals surface area contributed by atoms with E-state index in [9.17, 15) is 0 Å². The number of rotatable bonds is 6. The van der Waals surface area contributed by atoms with Crippen molar-refractivity contribution in [1.29, 1.82) is 0 Å². The molecule has 0 saturated heterocycles. The second kappa shape index (κ2) is 6.10. The zero-order chi connectivity index (χ0) is 13.8. The maximum atomic E-state index is 5.45. The molecule has 3 nitrogen and oxygen atoms in total. The molecule has 0 spiro atoms. The van der Waals surface area contributed by atoms with Gasteiger partial charge in [0.1, 0.15) is 5.75 Å². The van der Waals surface area contributed by atoms with E-state index >= 15 is 0 Å². The van der Waals surface area contributed by atoms with Gasteiger partial charge in [0.2, 0.25) is 0 Å². The highest BCUT2D eigenvalue weighted by atomic mass is 16.5. The van der Waals surface area contributed by atoms with E-state index in [1.807, 2.05) is 6.07 Å². The predicted octanol–water partition coefficient (Wildman–Crippen LogP) is 3.62. The quantitative estimate of drug-likeness (QED) is 0.837. The third kappa shape index (κ3) is 4.22. The number of nitrogens with one attached hydrogen (secondary N) is 1. The van der Waals surface area contributed by atoms with Gasteiger partial charge in [-0.25, -0.2) is 0 Å². The summed E-state index contributed by atoms with van der Waals surface area (Å²) >= 11 is 0. The van der Waals surface area contributed by atoms with Gasteiger partial charge in [-0.05, 0) is 51.8 Å². The number of hydrogen-bond acceptors (Lipinski definition) is 3. The molecule has 18 heavy (non-hydrogen) atoms. The lowest BCUT2D eigenvalue weighted by Crippen LogP contribution is -2.31. The van der Waals surface area contributed by atoms with Crippen LogP contribution in [0.4, 0.5) is 5.69 Å². The molecular weight excluding hydrogens is 226 g/mol. The third-order valence-electron chi connectivity index (χ3n) is 3.11. The van der Waals surface area contributed by atoms with Gasteiger partial charge in [0, 0.05) is 13.2 Å². The summed E-state index contributed by atoms with van der Waals surface area (Å²) in [6, 6.07) is 6.50. The van der Waals surface area contributed by atoms with Gasteiger partial charge in [0.05, 0.1) is 18.4 Å². The Morgan fingerprint density at radius 1 is 1.28 bits per heavy atom. The van der Waals surface area contributed by atoms with E-state index in [1.165, 1.54) is 5.56 Å². The van der Waals surface area contributed by atoms with Gasteiger partial charge in [0.25, 0.3) is 0 Å². The zero-order valence-electron chi connectivity index (χ0n) is 12.3. The van der Waals surface area contributed by atoms with E-state index in [2.05, 4.69) is 45.1 Å². The fraction of sp³-hybridized carbons (Fsp3) is 0.600. The van der Waals surface area contributed by atoms with E-state index in [1.54, 1.807) is 14.2 Å². The number of benzene rings is 1. The van der Waals surface area contributed by atoms with Crippen molar-refractivity contribution in [2.75, 3.05) is 19.5 Å². The highest BCUT2D eigenvalue weighted by Gasteiger charge is 2.20. The molecule has 0 aliphatic rings. The lowest BCUT2D eigenvalue weighted by Gasteiger charge is -2.28. The molecule has 1 unspecified atom stereocenters. The average Bonchev–Trinajstić information content (AvgIpc) is 2.30. The summed E-state index contributed by atoms with van der Waals surface area (Å²) in [5.41, 5.74) is 2.11. The van der Waals surface area contributed by atoms with Crippen LogP contribution in [0, 0.1) is 6.92 Å². The maximum Gasteiger partial charge on any atom is 0.142 e. The maximum absolute atomic E-state index is 5.45. The Labute approximate surface area is 110 Å². The van der Waals surface area contributed by atoms with Crippen molar-refractivity contribution in [1.82, 2.24) is 0 Å². The van der Waals surface area contributed by atoms with Gasteiger partial charge in [-0.15, -0.1) is 0 Å². The first kappa shape index (κ1) is 14.8. The Morgan fingerprint density at radius 3 is 2.50 bits per heavy atom. The van der Waals surface area contributed by atoms with E-state index in [0.717, 1.165) is 17.9 Å². The van der Waals surface area contributed by atoms with Crippen LogP contribution in [0.5, 0.6) is 5.75 Å². The normalized spacial score (nSPS) is 13.2. The van der Waals surface area contributed by atoms with Crippen LogP contribution in [0.1, 0.15) is 32.8 Å². The molecule has 3 heteroatoms. The van der Waals surface area contributed by atoms with Gasteiger partial charge in [0.15, 0.2) is 0 Å². The summed E-state index contributed by atoms with van der Waals surface area (Å²) in [7, 11) is 3.45. The second-order valence-corrected chi connectivity index (χ2v) is 5.42. The standard InChI is InChI=1S/C15H25NO2/c1-11-7-8-13(14(9-11)17-5)16-12(2)10-15(3,4)18-6/h7-9,12,16H,10H2,1-6H3. The van der Waals surface area contributed by atoms with Crippen LogP contribution in [0.15, 0.2) is 18.2 Å². The molecule has 0 aromatic heterocycles. The fourth-order valence-electron chi connectivity index (χ4n) is 2.05. The Kier molecular flexibility index (Phi) is 5.03. The Balaban J connectivity index is 2.72. The molecule has 0 aliphatic carbocycles. The molecule has 0 aliphatic heterocycles. The summed E-state index contributed by atoms with van der Waals surface area (Å²) < 4.78 is 10.8. The lowest BCUT2D eigenvalue weighted by molar-refractivity contribution is 0.0128. The molecule has 1 rings (SSSR count). The number of anilines is 1. The van der Waals surface area contributed by atoms with Gasteiger partial charge in [-0.3, -0.25) is 0 Å². The number of methoxy groups -OCH3 is 2. The predicted molar refractivity (Wildman–Crippen MR) is 76.5 cm³/mol. The van der Waals surface area contributed by atoms with E-state index in [0.29, 0.717) is 6.04 Å². The topological polar surface area (TPSA) is 30.5 Å². The van der Waals surface area contributed by atoms with Crippen LogP contribution < -0.4 is 10.1 Å². The molecule has 1 aromatic carbocycles. The Bertz CT molecular complexity index is 388. The first-order chi connectivity index (χ1) is 8.38. The summed E-state index contributed by atoms with van der Waals surface area (Å²) in [6.45, 7) is 8.40. The van der Waals surface area contributed by atoms with Crippen LogP contribution in [-0.2, 0) is 4.74 Å². The molecule has 1 atom stereocenters. The van der Waals surface area contributed by atoms with E-state index in [-0.39, 0.29) is 5.60 Å². The zero-order valence-corrected chi connectivity index (χ0v) is 12.3. The van der Waals surface area contributed by atoms with Gasteiger partial charge in [-0.1, -0.05) is 6.07 Å². The Morgan fingerprint density at radius 2 is 1.94 bits per heavy atom. The van der Waals surface area contributed by atoms with Gasteiger partial charge in [-0.2, -0.15) is 0 Å². The Hall–Kier alpha value is -1.22. The van der Waals surface area contributed by atoms with Gasteiger partial charge < -0.3 is 14.8 Å². The van der Waals surface area contributed by atoms with Crippen molar-refractivity contribution in [3.05, 3.63) is 23.8 Å². The average molecular weight is 251 g/mol. The van der Waals surface area contributed by atoms with Crippen molar-refractivity contribution in [3.63, 3.8) is 0 Å². The monoisotopic (exact) mass is 251 g/mol. The van der Waals surface area contributed by atoms with Crippen LogP contribution in [0.2, 0.25) is 0 Å². The molecule has 0 amide bonds. The van der Waals surface area contributed by atoms with Crippen LogP contribution in [0.25, 0.3) is 0 Å². The van der Waals surface area contributed by atoms with E-state index in [4.69, 9.17) is 9.47 Å². The highest BCUT2D eigenvalue weighted by Crippen LogP contribution is 2.27. The largest absolute Gasteiger partial charge is 0.495 e. The first-order valence-electron chi connectivity index (χ1n) is 6.34. The second-order valence-electron chi connectivity index (χ2n) is 5.42. The molecule has 102 valence electrons. The highest BCUT2D eigenvalue weighted by molar-refractivity contribution is 5.58. The minimum absolute atomic E-state index is 0.121. The number of ether oxygens (including phenoxy) is 2. The van der Waals surface area contributed by atoms with Crippen molar-refractivity contribution < 1.29 is 9.47 Å². The summed E-state index contributed by atoms with van der Waals surface area (Å²) in [6.07, 6.45) is 0.931. The molecule has 0 fully saturated rings. The van der Waals surface area contributed by atoms with Crippen LogP contribution >= 0.6 is 0 Å². The third-order valence-corrected chi connectivity index (χ3v) is 3.11. The summed E-state index contributed by atoms with van der Waals surface area (Å²) in [4.78, 5) is 0. The SMILES string of the molecule is COc1cc(C)ccc1NC(C)CC(C)(C)OC. The molecule has 0 radical (unpaired) electrons. The van der Waals surface area contributed by atoms with Crippen molar-refractivity contribution in [2.24, 2.45) is 0 Å². The minimum Gasteiger partial charge on any atom is -0.495 e.